The van der Waals surface area contributed by atoms with E-state index < -0.39 is 17.6 Å². The van der Waals surface area contributed by atoms with Crippen molar-refractivity contribution < 1.29 is 18.0 Å². The molecule has 104 valence electrons. The van der Waals surface area contributed by atoms with Crippen LogP contribution in [0.5, 0.6) is 0 Å². The second kappa shape index (κ2) is 5.53. The lowest BCUT2D eigenvalue weighted by atomic mass is 10.1. The van der Waals surface area contributed by atoms with Gasteiger partial charge in [0, 0.05) is 10.5 Å². The maximum absolute atomic E-state index is 12.9. The van der Waals surface area contributed by atoms with Crippen LogP contribution in [0.1, 0.15) is 41.6 Å². The van der Waals surface area contributed by atoms with Crippen LogP contribution in [-0.4, -0.2) is 11.9 Å². The summed E-state index contributed by atoms with van der Waals surface area (Å²) in [4.78, 5) is 12.0. The van der Waals surface area contributed by atoms with Crippen molar-refractivity contribution in [2.75, 3.05) is 0 Å². The van der Waals surface area contributed by atoms with Gasteiger partial charge in [-0.3, -0.25) is 4.79 Å². The van der Waals surface area contributed by atoms with Gasteiger partial charge < -0.3 is 5.32 Å². The lowest BCUT2D eigenvalue weighted by Gasteiger charge is -2.17. The van der Waals surface area contributed by atoms with Gasteiger partial charge in [0.25, 0.3) is 5.91 Å². The van der Waals surface area contributed by atoms with Crippen molar-refractivity contribution in [3.05, 3.63) is 33.8 Å². The quantitative estimate of drug-likeness (QED) is 0.864. The summed E-state index contributed by atoms with van der Waals surface area (Å²) in [6.45, 7) is 0. The molecule has 1 saturated carbocycles. The molecule has 0 unspecified atom stereocenters. The normalized spacial score (nSPS) is 16.6. The SMILES string of the molecule is O=C(NC1CCCC1)c1c(Br)cccc1C(F)(F)F. The van der Waals surface area contributed by atoms with Crippen LogP contribution >= 0.6 is 15.9 Å². The average molecular weight is 336 g/mol. The van der Waals surface area contributed by atoms with E-state index in [1.54, 1.807) is 0 Å². The molecule has 2 rings (SSSR count). The summed E-state index contributed by atoms with van der Waals surface area (Å²) < 4.78 is 38.9. The molecular weight excluding hydrogens is 323 g/mol. The predicted octanol–water partition coefficient (Wildman–Crippen LogP) is 4.14. The van der Waals surface area contributed by atoms with Gasteiger partial charge in [0.15, 0.2) is 0 Å². The van der Waals surface area contributed by atoms with Crippen molar-refractivity contribution in [1.29, 1.82) is 0 Å². The number of carbonyl (C=O) groups excluding carboxylic acids is 1. The molecule has 0 aliphatic heterocycles. The van der Waals surface area contributed by atoms with Crippen LogP contribution in [0.25, 0.3) is 0 Å². The Morgan fingerprint density at radius 3 is 2.47 bits per heavy atom. The summed E-state index contributed by atoms with van der Waals surface area (Å²) in [6, 6.07) is 3.63. The van der Waals surface area contributed by atoms with Crippen LogP contribution in [0.2, 0.25) is 0 Å². The number of halogens is 4. The van der Waals surface area contributed by atoms with Gasteiger partial charge >= 0.3 is 6.18 Å². The molecule has 1 aliphatic rings. The number of carbonyl (C=O) groups is 1. The Kier molecular flexibility index (Phi) is 4.18. The highest BCUT2D eigenvalue weighted by molar-refractivity contribution is 9.10. The first-order chi connectivity index (χ1) is 8.89. The number of nitrogens with one attached hydrogen (secondary N) is 1. The van der Waals surface area contributed by atoms with Gasteiger partial charge in [-0.1, -0.05) is 18.9 Å². The number of rotatable bonds is 2. The first-order valence-electron chi connectivity index (χ1n) is 6.06. The van der Waals surface area contributed by atoms with E-state index in [9.17, 15) is 18.0 Å². The molecule has 6 heteroatoms. The fourth-order valence-electron chi connectivity index (χ4n) is 2.32. The molecule has 1 N–H and O–H groups in total. The minimum atomic E-state index is -4.54. The minimum Gasteiger partial charge on any atom is -0.349 e. The van der Waals surface area contributed by atoms with Crippen molar-refractivity contribution in [2.45, 2.75) is 37.9 Å². The Hall–Kier alpha value is -1.04. The fourth-order valence-corrected chi connectivity index (χ4v) is 2.87. The summed E-state index contributed by atoms with van der Waals surface area (Å²) in [5.41, 5.74) is -1.24. The minimum absolute atomic E-state index is 0.0133. The van der Waals surface area contributed by atoms with E-state index in [0.717, 1.165) is 31.7 Å². The Balaban J connectivity index is 2.29. The summed E-state index contributed by atoms with van der Waals surface area (Å²) in [5, 5.41) is 2.68. The van der Waals surface area contributed by atoms with Crippen LogP contribution < -0.4 is 5.32 Å². The average Bonchev–Trinajstić information content (AvgIpc) is 2.80. The molecule has 0 bridgehead atoms. The molecule has 1 amide bonds. The van der Waals surface area contributed by atoms with Crippen molar-refractivity contribution in [2.24, 2.45) is 0 Å². The summed E-state index contributed by atoms with van der Waals surface area (Å²) in [5.74, 6) is -0.660. The molecule has 0 radical (unpaired) electrons. The zero-order chi connectivity index (χ0) is 14.0. The summed E-state index contributed by atoms with van der Waals surface area (Å²) in [6.07, 6.45) is -0.860. The van der Waals surface area contributed by atoms with E-state index in [2.05, 4.69) is 21.2 Å². The van der Waals surface area contributed by atoms with Crippen molar-refractivity contribution >= 4 is 21.8 Å². The van der Waals surface area contributed by atoms with Crippen LogP contribution in [0.3, 0.4) is 0 Å². The zero-order valence-electron chi connectivity index (χ0n) is 10.1. The largest absolute Gasteiger partial charge is 0.417 e. The van der Waals surface area contributed by atoms with Crippen molar-refractivity contribution in [3.8, 4) is 0 Å². The number of alkyl halides is 3. The predicted molar refractivity (Wildman–Crippen MR) is 68.9 cm³/mol. The lowest BCUT2D eigenvalue weighted by molar-refractivity contribution is -0.138. The smallest absolute Gasteiger partial charge is 0.349 e. The van der Waals surface area contributed by atoms with Crippen molar-refractivity contribution in [3.63, 3.8) is 0 Å². The molecule has 0 spiro atoms. The standard InChI is InChI=1S/C13H13BrF3NO/c14-10-7-3-6-9(13(15,16)17)11(10)12(19)18-8-4-1-2-5-8/h3,6-8H,1-2,4-5H2,(H,18,19). The van der Waals surface area contributed by atoms with Crippen LogP contribution in [0, 0.1) is 0 Å². The van der Waals surface area contributed by atoms with Gasteiger partial charge in [-0.05, 0) is 40.9 Å². The molecule has 1 aromatic rings. The monoisotopic (exact) mass is 335 g/mol. The molecule has 1 aromatic carbocycles. The Bertz CT molecular complexity index is 481. The topological polar surface area (TPSA) is 29.1 Å². The second-order valence-corrected chi connectivity index (χ2v) is 5.47. The van der Waals surface area contributed by atoms with E-state index in [1.807, 2.05) is 0 Å². The van der Waals surface area contributed by atoms with Gasteiger partial charge in [-0.25, -0.2) is 0 Å². The summed E-state index contributed by atoms with van der Waals surface area (Å²) in [7, 11) is 0. The first kappa shape index (κ1) is 14.4. The fraction of sp³-hybridized carbons (Fsp3) is 0.462. The lowest BCUT2D eigenvalue weighted by Crippen LogP contribution is -2.34. The molecule has 2 nitrogen and oxygen atoms in total. The highest BCUT2D eigenvalue weighted by atomic mass is 79.9. The number of benzene rings is 1. The third-order valence-corrected chi connectivity index (χ3v) is 3.90. The molecule has 0 heterocycles. The summed E-state index contributed by atoms with van der Waals surface area (Å²) >= 11 is 3.03. The van der Waals surface area contributed by atoms with Gasteiger partial charge in [-0.15, -0.1) is 0 Å². The van der Waals surface area contributed by atoms with E-state index >= 15 is 0 Å². The Morgan fingerprint density at radius 2 is 1.89 bits per heavy atom. The Morgan fingerprint density at radius 1 is 1.26 bits per heavy atom. The van der Waals surface area contributed by atoms with Gasteiger partial charge in [0.1, 0.15) is 0 Å². The number of amides is 1. The highest BCUT2D eigenvalue weighted by Crippen LogP contribution is 2.35. The number of hydrogen-bond acceptors (Lipinski definition) is 1. The van der Waals surface area contributed by atoms with Crippen LogP contribution in [0.4, 0.5) is 13.2 Å². The van der Waals surface area contributed by atoms with E-state index in [4.69, 9.17) is 0 Å². The molecule has 1 fully saturated rings. The molecular formula is C13H13BrF3NO. The molecule has 0 atom stereocenters. The molecule has 0 saturated heterocycles. The highest BCUT2D eigenvalue weighted by Gasteiger charge is 2.36. The molecule has 1 aliphatic carbocycles. The van der Waals surface area contributed by atoms with Gasteiger partial charge in [0.2, 0.25) is 0 Å². The third kappa shape index (κ3) is 3.29. The van der Waals surface area contributed by atoms with Gasteiger partial charge in [-0.2, -0.15) is 13.2 Å². The zero-order valence-corrected chi connectivity index (χ0v) is 11.6. The Labute approximate surface area is 117 Å². The molecule has 19 heavy (non-hydrogen) atoms. The van der Waals surface area contributed by atoms with E-state index in [-0.39, 0.29) is 16.1 Å². The van der Waals surface area contributed by atoms with Crippen LogP contribution in [0.15, 0.2) is 22.7 Å². The number of hydrogen-bond donors (Lipinski definition) is 1. The van der Waals surface area contributed by atoms with E-state index in [0.29, 0.717) is 0 Å². The second-order valence-electron chi connectivity index (χ2n) is 4.61. The van der Waals surface area contributed by atoms with Crippen molar-refractivity contribution in [1.82, 2.24) is 5.32 Å². The van der Waals surface area contributed by atoms with Gasteiger partial charge in [0.05, 0.1) is 11.1 Å². The van der Waals surface area contributed by atoms with E-state index in [1.165, 1.54) is 12.1 Å². The third-order valence-electron chi connectivity index (χ3n) is 3.24. The maximum atomic E-state index is 12.9. The van der Waals surface area contributed by atoms with Crippen LogP contribution in [-0.2, 0) is 6.18 Å². The maximum Gasteiger partial charge on any atom is 0.417 e. The first-order valence-corrected chi connectivity index (χ1v) is 6.85. The molecule has 0 aromatic heterocycles.